The zero-order valence-electron chi connectivity index (χ0n) is 14.7. The maximum absolute atomic E-state index is 12.0. The van der Waals surface area contributed by atoms with Gasteiger partial charge in [-0.15, -0.1) is 0 Å². The summed E-state index contributed by atoms with van der Waals surface area (Å²) < 4.78 is 0. The van der Waals surface area contributed by atoms with Gasteiger partial charge in [0.15, 0.2) is 0 Å². The van der Waals surface area contributed by atoms with E-state index in [0.29, 0.717) is 0 Å². The van der Waals surface area contributed by atoms with Crippen molar-refractivity contribution in [3.05, 3.63) is 90.5 Å². The molecule has 27 heavy (non-hydrogen) atoms. The summed E-state index contributed by atoms with van der Waals surface area (Å²) in [5, 5.41) is 11.8. The van der Waals surface area contributed by atoms with Gasteiger partial charge in [0.2, 0.25) is 0 Å². The minimum absolute atomic E-state index is 0.160. The van der Waals surface area contributed by atoms with Crippen molar-refractivity contribution in [1.29, 1.82) is 0 Å². The van der Waals surface area contributed by atoms with Crippen molar-refractivity contribution in [2.75, 3.05) is 11.9 Å². The highest BCUT2D eigenvalue weighted by atomic mass is 16.2. The van der Waals surface area contributed by atoms with Crippen LogP contribution in [0.25, 0.3) is 21.5 Å². The minimum atomic E-state index is -0.194. The lowest BCUT2D eigenvalue weighted by molar-refractivity contribution is -0.119. The quantitative estimate of drug-likeness (QED) is 0.408. The van der Waals surface area contributed by atoms with Crippen molar-refractivity contribution in [3.8, 4) is 0 Å². The van der Waals surface area contributed by atoms with E-state index in [0.717, 1.165) is 22.0 Å². The van der Waals surface area contributed by atoms with Gasteiger partial charge in [0.05, 0.1) is 12.8 Å². The van der Waals surface area contributed by atoms with Crippen LogP contribution in [0.3, 0.4) is 0 Å². The first kappa shape index (κ1) is 16.8. The van der Waals surface area contributed by atoms with Crippen LogP contribution in [0.1, 0.15) is 5.56 Å². The normalized spacial score (nSPS) is 11.1. The van der Waals surface area contributed by atoms with Crippen LogP contribution in [0.4, 0.5) is 5.69 Å². The van der Waals surface area contributed by atoms with Crippen molar-refractivity contribution < 1.29 is 4.79 Å². The van der Waals surface area contributed by atoms with Crippen molar-refractivity contribution in [3.63, 3.8) is 0 Å². The van der Waals surface area contributed by atoms with Gasteiger partial charge < -0.3 is 5.32 Å². The van der Waals surface area contributed by atoms with E-state index in [4.69, 9.17) is 0 Å². The fourth-order valence-electron chi connectivity index (χ4n) is 2.99. The Kier molecular flexibility index (Phi) is 4.79. The van der Waals surface area contributed by atoms with Crippen LogP contribution < -0.4 is 10.7 Å². The van der Waals surface area contributed by atoms with Crippen LogP contribution in [-0.4, -0.2) is 18.7 Å². The van der Waals surface area contributed by atoms with Gasteiger partial charge in [0.1, 0.15) is 0 Å². The van der Waals surface area contributed by atoms with Crippen LogP contribution in [-0.2, 0) is 4.79 Å². The van der Waals surface area contributed by atoms with Crippen molar-refractivity contribution in [2.45, 2.75) is 0 Å². The van der Waals surface area contributed by atoms with E-state index in [2.05, 4.69) is 40.1 Å². The van der Waals surface area contributed by atoms with Gasteiger partial charge in [0.25, 0.3) is 5.91 Å². The van der Waals surface area contributed by atoms with Gasteiger partial charge >= 0.3 is 0 Å². The molecule has 0 bridgehead atoms. The number of hydrogen-bond donors (Lipinski definition) is 2. The number of hydrogen-bond acceptors (Lipinski definition) is 3. The van der Waals surface area contributed by atoms with Crippen LogP contribution >= 0.6 is 0 Å². The third-order valence-corrected chi connectivity index (χ3v) is 4.38. The highest BCUT2D eigenvalue weighted by Gasteiger charge is 2.01. The average molecular weight is 353 g/mol. The van der Waals surface area contributed by atoms with Crippen LogP contribution in [0, 0.1) is 0 Å². The molecule has 0 saturated carbocycles. The molecule has 4 nitrogen and oxygen atoms in total. The van der Waals surface area contributed by atoms with E-state index in [-0.39, 0.29) is 12.5 Å². The topological polar surface area (TPSA) is 53.5 Å². The Bertz CT molecular complexity index is 1130. The summed E-state index contributed by atoms with van der Waals surface area (Å²) in [5.41, 5.74) is 4.40. The first-order valence-corrected chi connectivity index (χ1v) is 8.81. The molecule has 0 aliphatic carbocycles. The summed E-state index contributed by atoms with van der Waals surface area (Å²) in [6, 6.07) is 28.3. The number of anilines is 1. The molecule has 0 unspecified atom stereocenters. The summed E-state index contributed by atoms with van der Waals surface area (Å²) in [7, 11) is 0. The molecule has 132 valence electrons. The number of hydrazone groups is 1. The fraction of sp³-hybridized carbons (Fsp3) is 0.0435. The number of fused-ring (bicyclic) bond motifs is 2. The molecule has 2 N–H and O–H groups in total. The number of carbonyl (C=O) groups is 1. The average Bonchev–Trinajstić information content (AvgIpc) is 2.72. The standard InChI is InChI=1S/C23H19N3O/c27-23(16-24-22-12-11-19-6-2-4-8-21(19)14-22)26-25-15-17-9-10-18-5-1-3-7-20(18)13-17/h1-15,24H,16H2,(H,26,27)/b25-15+. The Labute approximate surface area is 157 Å². The minimum Gasteiger partial charge on any atom is -0.376 e. The number of nitrogens with zero attached hydrogens (tertiary/aromatic N) is 1. The largest absolute Gasteiger partial charge is 0.376 e. The molecule has 0 saturated heterocycles. The molecule has 0 aromatic heterocycles. The Morgan fingerprint density at radius 2 is 1.41 bits per heavy atom. The first-order chi connectivity index (χ1) is 13.3. The maximum Gasteiger partial charge on any atom is 0.259 e. The zero-order valence-corrected chi connectivity index (χ0v) is 14.7. The monoisotopic (exact) mass is 353 g/mol. The number of amides is 1. The third kappa shape index (κ3) is 4.12. The van der Waals surface area contributed by atoms with Crippen molar-refractivity contribution in [1.82, 2.24) is 5.43 Å². The van der Waals surface area contributed by atoms with E-state index >= 15 is 0 Å². The molecule has 0 spiro atoms. The Morgan fingerprint density at radius 3 is 2.15 bits per heavy atom. The van der Waals surface area contributed by atoms with Crippen LogP contribution in [0.15, 0.2) is 90.0 Å². The molecule has 4 rings (SSSR count). The van der Waals surface area contributed by atoms with E-state index in [9.17, 15) is 4.79 Å². The van der Waals surface area contributed by atoms with E-state index in [1.165, 1.54) is 10.8 Å². The lowest BCUT2D eigenvalue weighted by Gasteiger charge is -2.06. The smallest absolute Gasteiger partial charge is 0.259 e. The Balaban J connectivity index is 1.33. The fourth-order valence-corrected chi connectivity index (χ4v) is 2.99. The number of carbonyl (C=O) groups excluding carboxylic acids is 1. The van der Waals surface area contributed by atoms with Gasteiger partial charge in [-0.3, -0.25) is 4.79 Å². The van der Waals surface area contributed by atoms with Crippen molar-refractivity contribution >= 4 is 39.4 Å². The molecule has 0 atom stereocenters. The SMILES string of the molecule is O=C(CNc1ccc2ccccc2c1)N/N=C/c1ccc2ccccc2c1. The predicted octanol–water partition coefficient (Wildman–Crippen LogP) is 4.56. The Morgan fingerprint density at radius 1 is 0.778 bits per heavy atom. The number of nitrogens with one attached hydrogen (secondary N) is 2. The number of rotatable bonds is 5. The molecule has 0 heterocycles. The summed E-state index contributed by atoms with van der Waals surface area (Å²) >= 11 is 0. The van der Waals surface area contributed by atoms with Crippen LogP contribution in [0.5, 0.6) is 0 Å². The van der Waals surface area contributed by atoms with Crippen LogP contribution in [0.2, 0.25) is 0 Å². The number of benzene rings is 4. The molecule has 4 aromatic rings. The van der Waals surface area contributed by atoms with E-state index in [1.54, 1.807) is 6.21 Å². The van der Waals surface area contributed by atoms with Crippen molar-refractivity contribution in [2.24, 2.45) is 5.10 Å². The van der Waals surface area contributed by atoms with E-state index < -0.39 is 0 Å². The first-order valence-electron chi connectivity index (χ1n) is 8.81. The second-order valence-corrected chi connectivity index (χ2v) is 6.32. The molecule has 4 heteroatoms. The van der Waals surface area contributed by atoms with Gasteiger partial charge in [-0.05, 0) is 45.3 Å². The van der Waals surface area contributed by atoms with E-state index in [1.807, 2.05) is 60.7 Å². The summed E-state index contributed by atoms with van der Waals surface area (Å²) in [4.78, 5) is 12.0. The lowest BCUT2D eigenvalue weighted by atomic mass is 10.1. The summed E-state index contributed by atoms with van der Waals surface area (Å²) in [5.74, 6) is -0.194. The molecule has 4 aromatic carbocycles. The molecule has 0 fully saturated rings. The highest BCUT2D eigenvalue weighted by Crippen LogP contribution is 2.18. The molecule has 1 amide bonds. The Hall–Kier alpha value is -3.66. The molecule has 0 radical (unpaired) electrons. The summed E-state index contributed by atoms with van der Waals surface area (Å²) in [6.07, 6.45) is 1.65. The van der Waals surface area contributed by atoms with Gasteiger partial charge in [0, 0.05) is 5.69 Å². The lowest BCUT2D eigenvalue weighted by Crippen LogP contribution is -2.25. The third-order valence-electron chi connectivity index (χ3n) is 4.38. The van der Waals surface area contributed by atoms with Gasteiger partial charge in [-0.25, -0.2) is 5.43 Å². The zero-order chi connectivity index (χ0) is 18.5. The maximum atomic E-state index is 12.0. The van der Waals surface area contributed by atoms with Gasteiger partial charge in [-0.2, -0.15) is 5.10 Å². The molecule has 0 aliphatic rings. The highest BCUT2D eigenvalue weighted by molar-refractivity contribution is 5.91. The molecular weight excluding hydrogens is 334 g/mol. The van der Waals surface area contributed by atoms with Gasteiger partial charge in [-0.1, -0.05) is 66.7 Å². The summed E-state index contributed by atoms with van der Waals surface area (Å²) in [6.45, 7) is 0.160. The second kappa shape index (κ2) is 7.70. The molecular formula is C23H19N3O. The second-order valence-electron chi connectivity index (χ2n) is 6.32. The predicted molar refractivity (Wildman–Crippen MR) is 112 cm³/mol. The molecule has 0 aliphatic heterocycles.